The molecule has 4 heterocycles. The van der Waals surface area contributed by atoms with Gasteiger partial charge >= 0.3 is 12.2 Å². The number of fused-ring (bicyclic) bond motifs is 2. The molecule has 7 aromatic rings. The second-order valence-electron chi connectivity index (χ2n) is 11.2. The molecule has 12 nitrogen and oxygen atoms in total. The summed E-state index contributed by atoms with van der Waals surface area (Å²) in [6.45, 7) is -0.0242. The maximum absolute atomic E-state index is 14.9. The highest BCUT2D eigenvalue weighted by molar-refractivity contribution is 6.17. The molecule has 4 N–H and O–H groups in total. The number of aromatic nitrogens is 4. The Morgan fingerprint density at radius 1 is 0.630 bits per heavy atom. The van der Waals surface area contributed by atoms with Crippen LogP contribution in [0.2, 0.25) is 0 Å². The number of ether oxygens (including phenoxy) is 2. The summed E-state index contributed by atoms with van der Waals surface area (Å²) in [7, 11) is 1.10. The van der Waals surface area contributed by atoms with Gasteiger partial charge in [-0.25, -0.2) is 37.1 Å². The van der Waals surface area contributed by atoms with Crippen LogP contribution < -0.4 is 10.6 Å². The number of aromatic amines is 2. The van der Waals surface area contributed by atoms with Gasteiger partial charge in [0.2, 0.25) is 11.6 Å². The minimum Gasteiger partial charge on any atom is -0.453 e. The van der Waals surface area contributed by atoms with Crippen LogP contribution >= 0.6 is 0 Å². The zero-order chi connectivity index (χ0) is 38.4. The van der Waals surface area contributed by atoms with Crippen molar-refractivity contribution in [2.75, 3.05) is 17.7 Å². The van der Waals surface area contributed by atoms with Crippen molar-refractivity contribution in [2.45, 2.75) is 6.61 Å². The molecule has 0 atom stereocenters. The number of methoxy groups -OCH3 is 1. The van der Waals surface area contributed by atoms with E-state index >= 15 is 0 Å². The Morgan fingerprint density at radius 3 is 1.59 bits per heavy atom. The molecule has 3 aromatic carbocycles. The molecule has 0 bridgehead atoms. The lowest BCUT2D eigenvalue weighted by Gasteiger charge is -2.11. The molecule has 4 aromatic heterocycles. The second-order valence-corrected chi connectivity index (χ2v) is 11.2. The number of carbonyl (C=O) groups is 4. The molecule has 0 aliphatic heterocycles. The molecular weight excluding hydrogens is 712 g/mol. The number of ketones is 2. The van der Waals surface area contributed by atoms with Crippen molar-refractivity contribution >= 4 is 57.2 Å². The summed E-state index contributed by atoms with van der Waals surface area (Å²) in [5, 5.41) is 5.17. The summed E-state index contributed by atoms with van der Waals surface area (Å²) in [6, 6.07) is 19.2. The zero-order valence-electron chi connectivity index (χ0n) is 27.9. The number of nitrogens with zero attached hydrogens (tertiary/aromatic N) is 2. The predicted molar refractivity (Wildman–Crippen MR) is 188 cm³/mol. The van der Waals surface area contributed by atoms with Gasteiger partial charge in [-0.2, -0.15) is 0 Å². The number of nitrogens with one attached hydrogen (secondary N) is 4. The summed E-state index contributed by atoms with van der Waals surface area (Å²) in [5.74, 6) is -6.17. The van der Waals surface area contributed by atoms with Crippen molar-refractivity contribution in [1.82, 2.24) is 19.9 Å². The molecule has 0 radical (unpaired) electrons. The number of carbonyl (C=O) groups excluding carboxylic acids is 4. The normalized spacial score (nSPS) is 10.7. The van der Waals surface area contributed by atoms with Gasteiger partial charge in [0.1, 0.15) is 29.5 Å². The Balaban J connectivity index is 0.000000189. The number of hydrogen-bond donors (Lipinski definition) is 4. The molecule has 0 aliphatic rings. The summed E-state index contributed by atoms with van der Waals surface area (Å²) in [5.41, 5.74) is -0.539. The molecular formula is C38H26F4N6O6. The highest BCUT2D eigenvalue weighted by Gasteiger charge is 2.26. The van der Waals surface area contributed by atoms with E-state index in [1.807, 2.05) is 6.07 Å². The van der Waals surface area contributed by atoms with Crippen molar-refractivity contribution in [3.05, 3.63) is 155 Å². The molecule has 7 rings (SSSR count). The van der Waals surface area contributed by atoms with E-state index in [1.54, 1.807) is 48.5 Å². The molecule has 0 saturated carbocycles. The van der Waals surface area contributed by atoms with Gasteiger partial charge in [-0.3, -0.25) is 20.2 Å². The standard InChI is InChI=1S/C22H15F2N3O3.C16H11F2N3O3/c23-16-8-9-17(27-22(29)30-12-13-5-2-1-3-6-13)19(24)18(16)20(28)15-11-26-21-14(15)7-4-10-25-21;1-24-16(23)21-11-5-4-10(17)12(13(11)18)14(22)9-7-20-15-8(9)3-2-6-19-15/h1-11H,12H2,(H,25,26)(H,27,29);2-7H,1H3,(H,19,20)(H,21,23). The number of hydrogen-bond acceptors (Lipinski definition) is 8. The predicted octanol–water partition coefficient (Wildman–Crippen LogP) is 8.07. The van der Waals surface area contributed by atoms with Crippen molar-refractivity contribution in [3.8, 4) is 0 Å². The van der Waals surface area contributed by atoms with Crippen molar-refractivity contribution in [2.24, 2.45) is 0 Å². The Kier molecular flexibility index (Phi) is 10.7. The van der Waals surface area contributed by atoms with Crippen LogP contribution in [-0.4, -0.2) is 50.8 Å². The van der Waals surface area contributed by atoms with Crippen molar-refractivity contribution in [3.63, 3.8) is 0 Å². The molecule has 0 saturated heterocycles. The molecule has 16 heteroatoms. The van der Waals surface area contributed by atoms with Gasteiger partial charge in [-0.1, -0.05) is 30.3 Å². The lowest BCUT2D eigenvalue weighted by molar-refractivity contribution is 0.102. The van der Waals surface area contributed by atoms with E-state index in [1.165, 1.54) is 24.8 Å². The van der Waals surface area contributed by atoms with Crippen LogP contribution in [-0.2, 0) is 16.1 Å². The minimum atomic E-state index is -1.19. The molecule has 2 amide bonds. The summed E-state index contributed by atoms with van der Waals surface area (Å²) >= 11 is 0. The smallest absolute Gasteiger partial charge is 0.412 e. The van der Waals surface area contributed by atoms with Gasteiger partial charge in [0.05, 0.1) is 29.6 Å². The minimum absolute atomic E-state index is 0.0242. The van der Waals surface area contributed by atoms with Crippen LogP contribution in [0.4, 0.5) is 38.5 Å². The van der Waals surface area contributed by atoms with Gasteiger partial charge < -0.3 is 19.4 Å². The quantitative estimate of drug-likeness (QED) is 0.0897. The van der Waals surface area contributed by atoms with Gasteiger partial charge in [0, 0.05) is 46.7 Å². The summed E-state index contributed by atoms with van der Waals surface area (Å²) < 4.78 is 67.3. The van der Waals surface area contributed by atoms with E-state index in [0.29, 0.717) is 22.1 Å². The topological polar surface area (TPSA) is 168 Å². The highest BCUT2D eigenvalue weighted by Crippen LogP contribution is 2.28. The Hall–Kier alpha value is -7.36. The fraction of sp³-hybridized carbons (Fsp3) is 0.0526. The molecule has 0 aliphatic carbocycles. The monoisotopic (exact) mass is 738 g/mol. The SMILES string of the molecule is COC(=O)Nc1ccc(F)c(C(=O)c2c[nH]c3ncccc23)c1F.O=C(Nc1ccc(F)c(C(=O)c2c[nH]c3ncccc23)c1F)OCc1ccccc1. The van der Waals surface area contributed by atoms with E-state index in [2.05, 4.69) is 35.3 Å². The van der Waals surface area contributed by atoms with E-state index in [4.69, 9.17) is 4.74 Å². The van der Waals surface area contributed by atoms with Crippen molar-refractivity contribution in [1.29, 1.82) is 0 Å². The van der Waals surface area contributed by atoms with E-state index < -0.39 is 58.1 Å². The maximum atomic E-state index is 14.9. The molecule has 0 unspecified atom stereocenters. The number of amides is 2. The fourth-order valence-electron chi connectivity index (χ4n) is 5.30. The van der Waals surface area contributed by atoms with Gasteiger partial charge in [-0.05, 0) is 54.1 Å². The third kappa shape index (κ3) is 7.62. The van der Waals surface area contributed by atoms with Crippen molar-refractivity contribution < 1.29 is 46.2 Å². The highest BCUT2D eigenvalue weighted by atomic mass is 19.1. The van der Waals surface area contributed by atoms with E-state index in [0.717, 1.165) is 36.9 Å². The maximum Gasteiger partial charge on any atom is 0.412 e. The number of rotatable bonds is 8. The van der Waals surface area contributed by atoms with Crippen LogP contribution in [0.1, 0.15) is 37.4 Å². The van der Waals surface area contributed by atoms with Crippen LogP contribution in [0.5, 0.6) is 0 Å². The number of halogens is 4. The first-order valence-electron chi connectivity index (χ1n) is 15.8. The average molecular weight is 739 g/mol. The van der Waals surface area contributed by atoms with Crippen LogP contribution in [0, 0.1) is 23.3 Å². The third-order valence-electron chi connectivity index (χ3n) is 7.90. The first-order chi connectivity index (χ1) is 26.1. The number of anilines is 2. The lowest BCUT2D eigenvalue weighted by Crippen LogP contribution is -2.17. The Bertz CT molecular complexity index is 2540. The summed E-state index contributed by atoms with van der Waals surface area (Å²) in [4.78, 5) is 62.3. The van der Waals surface area contributed by atoms with Crippen LogP contribution in [0.3, 0.4) is 0 Å². The number of benzene rings is 3. The molecule has 272 valence electrons. The zero-order valence-corrected chi connectivity index (χ0v) is 27.9. The third-order valence-corrected chi connectivity index (χ3v) is 7.90. The second kappa shape index (κ2) is 15.9. The van der Waals surface area contributed by atoms with E-state index in [-0.39, 0.29) is 29.1 Å². The summed E-state index contributed by atoms with van der Waals surface area (Å²) in [6.07, 6.45) is 3.86. The first-order valence-corrected chi connectivity index (χ1v) is 15.8. The fourth-order valence-corrected chi connectivity index (χ4v) is 5.30. The van der Waals surface area contributed by atoms with Crippen LogP contribution in [0.15, 0.2) is 104 Å². The van der Waals surface area contributed by atoms with Crippen LogP contribution in [0.25, 0.3) is 22.1 Å². The molecule has 0 fully saturated rings. The molecule has 54 heavy (non-hydrogen) atoms. The average Bonchev–Trinajstić information content (AvgIpc) is 3.82. The number of pyridine rings is 2. The van der Waals surface area contributed by atoms with Gasteiger partial charge in [0.25, 0.3) is 0 Å². The lowest BCUT2D eigenvalue weighted by atomic mass is 10.0. The van der Waals surface area contributed by atoms with Gasteiger partial charge in [0.15, 0.2) is 11.6 Å². The van der Waals surface area contributed by atoms with Gasteiger partial charge in [-0.15, -0.1) is 0 Å². The first kappa shape index (κ1) is 36.4. The largest absolute Gasteiger partial charge is 0.453 e. The Morgan fingerprint density at radius 2 is 1.11 bits per heavy atom. The number of H-pyrrole nitrogens is 2. The van der Waals surface area contributed by atoms with E-state index in [9.17, 15) is 36.7 Å². The molecule has 0 spiro atoms. The Labute approximate surface area is 302 Å².